The van der Waals surface area contributed by atoms with Crippen LogP contribution in [0.4, 0.5) is 5.69 Å². The molecule has 1 N–H and O–H groups in total. The van der Waals surface area contributed by atoms with Crippen LogP contribution in [0, 0.1) is 5.92 Å². The molecule has 2 rings (SSSR count). The maximum Gasteiger partial charge on any atom is 0.242 e. The molecule has 0 radical (unpaired) electrons. The van der Waals surface area contributed by atoms with Gasteiger partial charge in [-0.15, -0.1) is 0 Å². The predicted molar refractivity (Wildman–Crippen MR) is 158 cm³/mol. The fraction of sp³-hybridized carbons (Fsp3) is 0.500. The zero-order valence-corrected chi connectivity index (χ0v) is 25.6. The second kappa shape index (κ2) is 15.3. The maximum absolute atomic E-state index is 13.5. The van der Waals surface area contributed by atoms with Crippen LogP contribution in [0.25, 0.3) is 0 Å². The van der Waals surface area contributed by atoms with Crippen molar-refractivity contribution in [3.8, 4) is 5.75 Å². The molecule has 0 fully saturated rings. The van der Waals surface area contributed by atoms with Crippen molar-refractivity contribution in [3.63, 3.8) is 0 Å². The minimum atomic E-state index is -3.60. The normalized spacial score (nSPS) is 12.2. The summed E-state index contributed by atoms with van der Waals surface area (Å²) >= 11 is 12.4. The lowest BCUT2D eigenvalue weighted by Gasteiger charge is -2.31. The lowest BCUT2D eigenvalue weighted by atomic mass is 10.1. The van der Waals surface area contributed by atoms with E-state index in [9.17, 15) is 18.0 Å². The summed E-state index contributed by atoms with van der Waals surface area (Å²) in [7, 11) is -3.60. The second-order valence-corrected chi connectivity index (χ2v) is 12.4. The van der Waals surface area contributed by atoms with Crippen LogP contribution in [0.5, 0.6) is 5.75 Å². The molecular formula is C28H39Cl2N3O5S. The summed E-state index contributed by atoms with van der Waals surface area (Å²) in [6, 6.07) is 11.1. The highest BCUT2D eigenvalue weighted by atomic mass is 35.5. The number of hydrogen-bond acceptors (Lipinski definition) is 5. The summed E-state index contributed by atoms with van der Waals surface area (Å²) in [5.41, 5.74) is 1.15. The molecule has 1 atom stereocenters. The fourth-order valence-electron chi connectivity index (χ4n) is 4.05. The van der Waals surface area contributed by atoms with Gasteiger partial charge in [0.15, 0.2) is 0 Å². The molecule has 39 heavy (non-hydrogen) atoms. The highest BCUT2D eigenvalue weighted by Gasteiger charge is 2.29. The van der Waals surface area contributed by atoms with Crippen LogP contribution in [-0.2, 0) is 26.2 Å². The van der Waals surface area contributed by atoms with Crippen LogP contribution in [0.15, 0.2) is 42.5 Å². The number of amides is 2. The van der Waals surface area contributed by atoms with Crippen molar-refractivity contribution < 1.29 is 22.7 Å². The molecule has 0 aliphatic rings. The number of nitrogens with one attached hydrogen (secondary N) is 1. The van der Waals surface area contributed by atoms with Crippen molar-refractivity contribution >= 4 is 50.7 Å². The van der Waals surface area contributed by atoms with Gasteiger partial charge in [0, 0.05) is 36.1 Å². The van der Waals surface area contributed by atoms with E-state index < -0.39 is 16.1 Å². The van der Waals surface area contributed by atoms with Gasteiger partial charge in [0.2, 0.25) is 21.8 Å². The number of halogens is 2. The standard InChI is InChI=1S/C28H39Cl2N3O5S/c1-6-26(28(35)31-18-20(3)4)32(19-21-10-11-22(29)17-25(21)30)27(34)9-8-16-33(39(5,36)37)23-12-14-24(15-13-23)38-7-2/h10-15,17,20,26H,6-9,16,18-19H2,1-5H3,(H,31,35)/t26-/m0/s1. The van der Waals surface area contributed by atoms with Crippen molar-refractivity contribution in [2.75, 3.05) is 30.3 Å². The van der Waals surface area contributed by atoms with Gasteiger partial charge in [-0.1, -0.05) is 50.0 Å². The van der Waals surface area contributed by atoms with Crippen LogP contribution in [0.3, 0.4) is 0 Å². The van der Waals surface area contributed by atoms with E-state index in [2.05, 4.69) is 5.32 Å². The molecule has 2 aromatic carbocycles. The lowest BCUT2D eigenvalue weighted by molar-refractivity contribution is -0.141. The molecule has 0 saturated heterocycles. The van der Waals surface area contributed by atoms with E-state index in [-0.39, 0.29) is 43.7 Å². The average molecular weight is 601 g/mol. The molecule has 11 heteroatoms. The monoisotopic (exact) mass is 599 g/mol. The molecule has 0 saturated carbocycles. The third-order valence-corrected chi connectivity index (χ3v) is 7.80. The summed E-state index contributed by atoms with van der Waals surface area (Å²) in [5, 5.41) is 3.79. The minimum absolute atomic E-state index is 0.0439. The topological polar surface area (TPSA) is 96.0 Å². The zero-order chi connectivity index (χ0) is 29.2. The number of hydrogen-bond donors (Lipinski definition) is 1. The van der Waals surface area contributed by atoms with Crippen molar-refractivity contribution in [1.82, 2.24) is 10.2 Å². The fourth-order valence-corrected chi connectivity index (χ4v) is 5.49. The number of rotatable bonds is 15. The van der Waals surface area contributed by atoms with Crippen LogP contribution in [0.1, 0.15) is 52.5 Å². The Bertz CT molecular complexity index is 1210. The Morgan fingerprint density at radius 1 is 1.05 bits per heavy atom. The first kappa shape index (κ1) is 32.7. The first-order valence-electron chi connectivity index (χ1n) is 13.1. The van der Waals surface area contributed by atoms with Crippen LogP contribution in [0.2, 0.25) is 10.0 Å². The van der Waals surface area contributed by atoms with Gasteiger partial charge in [0.25, 0.3) is 0 Å². The zero-order valence-electron chi connectivity index (χ0n) is 23.2. The maximum atomic E-state index is 13.5. The number of anilines is 1. The SMILES string of the molecule is CCOc1ccc(N(CCCC(=O)N(Cc2ccc(Cl)cc2Cl)[C@@H](CC)C(=O)NCC(C)C)S(C)(=O)=O)cc1. The Labute approximate surface area is 242 Å². The first-order chi connectivity index (χ1) is 18.4. The van der Waals surface area contributed by atoms with E-state index in [4.69, 9.17) is 27.9 Å². The largest absolute Gasteiger partial charge is 0.494 e. The highest BCUT2D eigenvalue weighted by molar-refractivity contribution is 7.92. The average Bonchev–Trinajstić information content (AvgIpc) is 2.86. The molecule has 0 aromatic heterocycles. The Morgan fingerprint density at radius 3 is 2.26 bits per heavy atom. The van der Waals surface area contributed by atoms with Crippen molar-refractivity contribution in [2.24, 2.45) is 5.92 Å². The molecule has 8 nitrogen and oxygen atoms in total. The highest BCUT2D eigenvalue weighted by Crippen LogP contribution is 2.25. The number of carbonyl (C=O) groups is 2. The second-order valence-electron chi connectivity index (χ2n) is 9.69. The van der Waals surface area contributed by atoms with Crippen LogP contribution < -0.4 is 14.4 Å². The molecule has 0 unspecified atom stereocenters. The molecule has 0 bridgehead atoms. The summed E-state index contributed by atoms with van der Waals surface area (Å²) in [5.74, 6) is 0.387. The van der Waals surface area contributed by atoms with Crippen molar-refractivity contribution in [2.45, 2.75) is 59.5 Å². The third-order valence-electron chi connectivity index (χ3n) is 6.01. The quantitative estimate of drug-likeness (QED) is 0.291. The van der Waals surface area contributed by atoms with E-state index in [1.165, 1.54) is 9.21 Å². The molecule has 0 aliphatic heterocycles. The lowest BCUT2D eigenvalue weighted by Crippen LogP contribution is -2.49. The number of benzene rings is 2. The smallest absolute Gasteiger partial charge is 0.242 e. The molecular weight excluding hydrogens is 561 g/mol. The van der Waals surface area contributed by atoms with Gasteiger partial charge in [-0.2, -0.15) is 0 Å². The Kier molecular flexibility index (Phi) is 12.9. The predicted octanol–water partition coefficient (Wildman–Crippen LogP) is 5.52. The molecule has 2 amide bonds. The van der Waals surface area contributed by atoms with Gasteiger partial charge < -0.3 is 15.0 Å². The summed E-state index contributed by atoms with van der Waals surface area (Å²) in [6.45, 7) is 8.93. The van der Waals surface area contributed by atoms with Crippen molar-refractivity contribution in [1.29, 1.82) is 0 Å². The van der Waals surface area contributed by atoms with E-state index in [1.54, 1.807) is 42.5 Å². The van der Waals surface area contributed by atoms with Gasteiger partial charge >= 0.3 is 0 Å². The number of carbonyl (C=O) groups excluding carboxylic acids is 2. The first-order valence-corrected chi connectivity index (χ1v) is 15.7. The van der Waals surface area contributed by atoms with Gasteiger partial charge in [-0.25, -0.2) is 8.42 Å². The van der Waals surface area contributed by atoms with Gasteiger partial charge in [0.05, 0.1) is 18.6 Å². The number of nitrogens with zero attached hydrogens (tertiary/aromatic N) is 2. The summed E-state index contributed by atoms with van der Waals surface area (Å²) in [4.78, 5) is 28.1. The van der Waals surface area contributed by atoms with Gasteiger partial charge in [-0.05, 0) is 67.6 Å². The van der Waals surface area contributed by atoms with E-state index in [1.807, 2.05) is 27.7 Å². The Hall–Kier alpha value is -2.49. The van der Waals surface area contributed by atoms with Crippen LogP contribution in [-0.4, -0.2) is 57.1 Å². The Balaban J connectivity index is 2.23. The molecule has 216 valence electrons. The van der Waals surface area contributed by atoms with E-state index in [0.29, 0.717) is 46.6 Å². The molecule has 2 aromatic rings. The van der Waals surface area contributed by atoms with Gasteiger partial charge in [-0.3, -0.25) is 13.9 Å². The molecule has 0 spiro atoms. The Morgan fingerprint density at radius 2 is 1.72 bits per heavy atom. The van der Waals surface area contributed by atoms with E-state index in [0.717, 1.165) is 6.26 Å². The van der Waals surface area contributed by atoms with Gasteiger partial charge in [0.1, 0.15) is 11.8 Å². The molecule has 0 aliphatic carbocycles. The van der Waals surface area contributed by atoms with E-state index >= 15 is 0 Å². The minimum Gasteiger partial charge on any atom is -0.494 e. The summed E-state index contributed by atoms with van der Waals surface area (Å²) in [6.07, 6.45) is 1.84. The number of sulfonamides is 1. The third kappa shape index (κ3) is 10.2. The number of ether oxygens (including phenoxy) is 1. The van der Waals surface area contributed by atoms with Crippen molar-refractivity contribution in [3.05, 3.63) is 58.1 Å². The molecule has 0 heterocycles. The summed E-state index contributed by atoms with van der Waals surface area (Å²) < 4.78 is 31.8. The van der Waals surface area contributed by atoms with Crippen LogP contribution >= 0.6 is 23.2 Å².